The van der Waals surface area contributed by atoms with Gasteiger partial charge in [0.15, 0.2) is 11.6 Å². The van der Waals surface area contributed by atoms with E-state index in [2.05, 4.69) is 9.97 Å². The largest absolute Gasteiger partial charge is 0.434 e. The molecule has 0 aliphatic heterocycles. The minimum Gasteiger partial charge on any atom is -0.434 e. The monoisotopic (exact) mass is 233 g/mol. The molecule has 0 saturated heterocycles. The van der Waals surface area contributed by atoms with Gasteiger partial charge >= 0.3 is 0 Å². The van der Waals surface area contributed by atoms with Crippen molar-refractivity contribution in [3.05, 3.63) is 41.6 Å². The highest BCUT2D eigenvalue weighted by molar-refractivity contribution is 5.44. The molecule has 0 amide bonds. The highest BCUT2D eigenvalue weighted by atomic mass is 19.1. The van der Waals surface area contributed by atoms with E-state index in [4.69, 9.17) is 10.5 Å². The van der Waals surface area contributed by atoms with E-state index < -0.39 is 5.82 Å². The van der Waals surface area contributed by atoms with Gasteiger partial charge in [-0.3, -0.25) is 4.98 Å². The summed E-state index contributed by atoms with van der Waals surface area (Å²) in [6.45, 7) is 3.54. The minimum atomic E-state index is -0.521. The molecule has 1 aromatic heterocycles. The summed E-state index contributed by atoms with van der Waals surface area (Å²) in [5, 5.41) is 0. The van der Waals surface area contributed by atoms with E-state index in [0.29, 0.717) is 23.0 Å². The predicted octanol–water partition coefficient (Wildman–Crippen LogP) is 2.61. The lowest BCUT2D eigenvalue weighted by molar-refractivity contribution is 0.421. The SMILES string of the molecule is Cc1cnc(C)c(Oc2ccc(N)cc2F)n1. The number of aromatic nitrogens is 2. The maximum absolute atomic E-state index is 13.5. The number of halogens is 1. The first kappa shape index (κ1) is 11.3. The normalized spacial score (nSPS) is 10.3. The van der Waals surface area contributed by atoms with Gasteiger partial charge in [-0.2, -0.15) is 0 Å². The lowest BCUT2D eigenvalue weighted by atomic mass is 10.3. The Hall–Kier alpha value is -2.17. The molecule has 0 aliphatic rings. The molecule has 0 spiro atoms. The molecule has 2 rings (SSSR count). The quantitative estimate of drug-likeness (QED) is 0.810. The van der Waals surface area contributed by atoms with E-state index in [1.165, 1.54) is 12.1 Å². The van der Waals surface area contributed by atoms with Crippen molar-refractivity contribution in [2.24, 2.45) is 0 Å². The molecular formula is C12H12FN3O. The van der Waals surface area contributed by atoms with Crippen LogP contribution in [0.4, 0.5) is 10.1 Å². The summed E-state index contributed by atoms with van der Waals surface area (Å²) >= 11 is 0. The molecule has 0 unspecified atom stereocenters. The van der Waals surface area contributed by atoms with Crippen LogP contribution in [0.25, 0.3) is 0 Å². The van der Waals surface area contributed by atoms with E-state index in [-0.39, 0.29) is 5.75 Å². The summed E-state index contributed by atoms with van der Waals surface area (Å²) in [4.78, 5) is 8.24. The Labute approximate surface area is 98.3 Å². The van der Waals surface area contributed by atoms with Crippen LogP contribution >= 0.6 is 0 Å². The molecule has 5 heteroatoms. The van der Waals surface area contributed by atoms with Crippen molar-refractivity contribution in [3.8, 4) is 11.6 Å². The number of nitrogens with zero attached hydrogens (tertiary/aromatic N) is 2. The van der Waals surface area contributed by atoms with Crippen LogP contribution in [0.1, 0.15) is 11.4 Å². The van der Waals surface area contributed by atoms with Crippen LogP contribution in [0.15, 0.2) is 24.4 Å². The van der Waals surface area contributed by atoms with Crippen LogP contribution in [-0.2, 0) is 0 Å². The van der Waals surface area contributed by atoms with Crippen molar-refractivity contribution >= 4 is 5.69 Å². The number of hydrogen-bond acceptors (Lipinski definition) is 4. The van der Waals surface area contributed by atoms with Gasteiger partial charge in [-0.1, -0.05) is 0 Å². The molecule has 1 aromatic carbocycles. The Morgan fingerprint density at radius 2 is 2.06 bits per heavy atom. The Balaban J connectivity index is 2.34. The second-order valence-electron chi connectivity index (χ2n) is 3.69. The van der Waals surface area contributed by atoms with Gasteiger partial charge in [0.2, 0.25) is 5.88 Å². The van der Waals surface area contributed by atoms with Gasteiger partial charge in [0.1, 0.15) is 0 Å². The molecule has 2 aromatic rings. The van der Waals surface area contributed by atoms with Crippen molar-refractivity contribution in [1.29, 1.82) is 0 Å². The summed E-state index contributed by atoms with van der Waals surface area (Å²) in [7, 11) is 0. The maximum Gasteiger partial charge on any atom is 0.241 e. The number of rotatable bonds is 2. The summed E-state index contributed by atoms with van der Waals surface area (Å²) in [6, 6.07) is 4.24. The fraction of sp³-hybridized carbons (Fsp3) is 0.167. The van der Waals surface area contributed by atoms with Crippen molar-refractivity contribution in [3.63, 3.8) is 0 Å². The molecule has 0 aliphatic carbocycles. The Morgan fingerprint density at radius 3 is 2.76 bits per heavy atom. The van der Waals surface area contributed by atoms with Crippen molar-refractivity contribution in [1.82, 2.24) is 9.97 Å². The van der Waals surface area contributed by atoms with E-state index in [9.17, 15) is 4.39 Å². The fourth-order valence-electron chi connectivity index (χ4n) is 1.32. The number of anilines is 1. The van der Waals surface area contributed by atoms with E-state index in [0.717, 1.165) is 0 Å². The van der Waals surface area contributed by atoms with E-state index >= 15 is 0 Å². The van der Waals surface area contributed by atoms with Crippen molar-refractivity contribution in [2.75, 3.05) is 5.73 Å². The minimum absolute atomic E-state index is 0.0854. The first-order chi connectivity index (χ1) is 8.06. The van der Waals surface area contributed by atoms with Crippen LogP contribution in [0, 0.1) is 19.7 Å². The first-order valence-corrected chi connectivity index (χ1v) is 5.09. The number of hydrogen-bond donors (Lipinski definition) is 1. The average molecular weight is 233 g/mol. The van der Waals surface area contributed by atoms with Gasteiger partial charge in [-0.25, -0.2) is 9.37 Å². The zero-order valence-electron chi connectivity index (χ0n) is 9.57. The van der Waals surface area contributed by atoms with Gasteiger partial charge in [0.25, 0.3) is 0 Å². The molecule has 4 nitrogen and oxygen atoms in total. The standard InChI is InChI=1S/C12H12FN3O/c1-7-6-15-8(2)12(16-7)17-11-4-3-9(14)5-10(11)13/h3-6H,14H2,1-2H3. The molecule has 2 N–H and O–H groups in total. The third-order valence-electron chi connectivity index (χ3n) is 2.20. The summed E-state index contributed by atoms with van der Waals surface area (Å²) in [5.41, 5.74) is 7.11. The highest BCUT2D eigenvalue weighted by Gasteiger charge is 2.09. The molecule has 0 bridgehead atoms. The highest BCUT2D eigenvalue weighted by Crippen LogP contribution is 2.25. The van der Waals surface area contributed by atoms with Crippen LogP contribution in [0.2, 0.25) is 0 Å². The topological polar surface area (TPSA) is 61.0 Å². The van der Waals surface area contributed by atoms with Crippen LogP contribution < -0.4 is 10.5 Å². The summed E-state index contributed by atoms with van der Waals surface area (Å²) in [6.07, 6.45) is 1.63. The fourth-order valence-corrected chi connectivity index (χ4v) is 1.32. The van der Waals surface area contributed by atoms with Crippen molar-refractivity contribution in [2.45, 2.75) is 13.8 Å². The number of aryl methyl sites for hydroxylation is 2. The van der Waals surface area contributed by atoms with E-state index in [1.807, 2.05) is 0 Å². The second-order valence-corrected chi connectivity index (χ2v) is 3.69. The molecule has 0 fully saturated rings. The molecule has 17 heavy (non-hydrogen) atoms. The van der Waals surface area contributed by atoms with Crippen LogP contribution in [-0.4, -0.2) is 9.97 Å². The zero-order chi connectivity index (χ0) is 12.4. The molecule has 88 valence electrons. The van der Waals surface area contributed by atoms with Gasteiger partial charge in [0, 0.05) is 18.0 Å². The zero-order valence-corrected chi connectivity index (χ0v) is 9.57. The average Bonchev–Trinajstić information content (AvgIpc) is 2.27. The molecule has 0 saturated carbocycles. The van der Waals surface area contributed by atoms with Crippen molar-refractivity contribution < 1.29 is 9.13 Å². The third-order valence-corrected chi connectivity index (χ3v) is 2.20. The Kier molecular flexibility index (Phi) is 2.91. The molecule has 1 heterocycles. The number of ether oxygens (including phenoxy) is 1. The van der Waals surface area contributed by atoms with Gasteiger partial charge < -0.3 is 10.5 Å². The van der Waals surface area contributed by atoms with Gasteiger partial charge in [0.05, 0.1) is 11.4 Å². The van der Waals surface area contributed by atoms with Crippen LogP contribution in [0.3, 0.4) is 0 Å². The van der Waals surface area contributed by atoms with Gasteiger partial charge in [-0.15, -0.1) is 0 Å². The summed E-state index contributed by atoms with van der Waals surface area (Å²) in [5.74, 6) is -0.136. The number of benzene rings is 1. The Bertz CT molecular complexity index is 557. The first-order valence-electron chi connectivity index (χ1n) is 5.09. The second kappa shape index (κ2) is 4.37. The lowest BCUT2D eigenvalue weighted by Gasteiger charge is -2.08. The van der Waals surface area contributed by atoms with E-state index in [1.54, 1.807) is 26.1 Å². The number of nitrogen functional groups attached to an aromatic ring is 1. The Morgan fingerprint density at radius 1 is 1.29 bits per heavy atom. The van der Waals surface area contributed by atoms with Gasteiger partial charge in [-0.05, 0) is 26.0 Å². The number of nitrogens with two attached hydrogens (primary N) is 1. The molecule has 0 atom stereocenters. The predicted molar refractivity (Wildman–Crippen MR) is 62.4 cm³/mol. The summed E-state index contributed by atoms with van der Waals surface area (Å²) < 4.78 is 18.9. The molecule has 0 radical (unpaired) electrons. The third kappa shape index (κ3) is 2.50. The lowest BCUT2D eigenvalue weighted by Crippen LogP contribution is -1.98. The molecular weight excluding hydrogens is 221 g/mol. The maximum atomic E-state index is 13.5. The van der Waals surface area contributed by atoms with Crippen LogP contribution in [0.5, 0.6) is 11.6 Å². The smallest absolute Gasteiger partial charge is 0.241 e.